The van der Waals surface area contributed by atoms with Crippen LogP contribution in [0.15, 0.2) is 67.0 Å². The molecule has 3 rings (SSSR count). The maximum atomic E-state index is 12.2. The normalized spacial score (nSPS) is 11.1. The van der Waals surface area contributed by atoms with Gasteiger partial charge in [0.15, 0.2) is 0 Å². The van der Waals surface area contributed by atoms with E-state index in [1.165, 1.54) is 0 Å². The number of carbonyl (C=O) groups excluding carboxylic acids is 2. The Bertz CT molecular complexity index is 1150. The van der Waals surface area contributed by atoms with E-state index in [0.29, 0.717) is 25.2 Å². The van der Waals surface area contributed by atoms with Gasteiger partial charge < -0.3 is 21.1 Å². The first-order valence-electron chi connectivity index (χ1n) is 11.9. The summed E-state index contributed by atoms with van der Waals surface area (Å²) < 4.78 is 0. The Balaban J connectivity index is 1.60. The van der Waals surface area contributed by atoms with Gasteiger partial charge in [-0.15, -0.1) is 0 Å². The Morgan fingerprint density at radius 2 is 1.83 bits per heavy atom. The summed E-state index contributed by atoms with van der Waals surface area (Å²) >= 11 is 0. The molecule has 7 heteroatoms. The van der Waals surface area contributed by atoms with Crippen molar-refractivity contribution in [2.45, 2.75) is 45.6 Å². The molecular formula is C28H34N4O3. The van der Waals surface area contributed by atoms with Crippen LogP contribution in [0, 0.1) is 0 Å². The lowest BCUT2D eigenvalue weighted by Crippen LogP contribution is -2.34. The summed E-state index contributed by atoms with van der Waals surface area (Å²) in [4.78, 5) is 27.8. The number of pyridine rings is 1. The smallest absolute Gasteiger partial charge is 0.315 e. The molecule has 0 spiro atoms. The Morgan fingerprint density at radius 1 is 1.00 bits per heavy atom. The van der Waals surface area contributed by atoms with Crippen molar-refractivity contribution in [1.29, 1.82) is 0 Å². The summed E-state index contributed by atoms with van der Waals surface area (Å²) in [7, 11) is 0. The number of carbonyl (C=O) groups is 2. The van der Waals surface area contributed by atoms with Gasteiger partial charge in [-0.25, -0.2) is 4.79 Å². The Hall–Kier alpha value is -3.87. The van der Waals surface area contributed by atoms with Crippen molar-refractivity contribution in [2.75, 3.05) is 13.1 Å². The molecule has 0 aliphatic heterocycles. The molecule has 35 heavy (non-hydrogen) atoms. The van der Waals surface area contributed by atoms with E-state index >= 15 is 0 Å². The van der Waals surface area contributed by atoms with Crippen molar-refractivity contribution in [3.8, 4) is 16.9 Å². The molecule has 0 fully saturated rings. The molecule has 3 aromatic rings. The van der Waals surface area contributed by atoms with Gasteiger partial charge in [-0.3, -0.25) is 9.78 Å². The lowest BCUT2D eigenvalue weighted by atomic mass is 9.80. The molecule has 184 valence electrons. The minimum Gasteiger partial charge on any atom is -0.507 e. The molecule has 0 saturated carbocycles. The summed E-state index contributed by atoms with van der Waals surface area (Å²) in [6, 6.07) is 16.9. The molecule has 0 unspecified atom stereocenters. The van der Waals surface area contributed by atoms with E-state index in [2.05, 4.69) is 34.8 Å². The Morgan fingerprint density at radius 3 is 2.54 bits per heavy atom. The second-order valence-corrected chi connectivity index (χ2v) is 9.13. The number of benzene rings is 2. The average Bonchev–Trinajstić information content (AvgIpc) is 2.86. The lowest BCUT2D eigenvalue weighted by molar-refractivity contribution is 0.0952. The minimum atomic E-state index is -0.205. The molecule has 0 radical (unpaired) electrons. The summed E-state index contributed by atoms with van der Waals surface area (Å²) in [5.41, 5.74) is 4.00. The maximum absolute atomic E-state index is 12.2. The first-order valence-corrected chi connectivity index (χ1v) is 11.9. The van der Waals surface area contributed by atoms with Crippen molar-refractivity contribution in [2.24, 2.45) is 0 Å². The third kappa shape index (κ3) is 7.30. The second-order valence-electron chi connectivity index (χ2n) is 9.13. The van der Waals surface area contributed by atoms with Crippen molar-refractivity contribution in [3.63, 3.8) is 0 Å². The number of hydrogen-bond acceptors (Lipinski definition) is 4. The molecule has 1 heterocycles. The van der Waals surface area contributed by atoms with Crippen molar-refractivity contribution in [1.82, 2.24) is 20.9 Å². The van der Waals surface area contributed by atoms with E-state index in [4.69, 9.17) is 0 Å². The molecular weight excluding hydrogens is 440 g/mol. The summed E-state index contributed by atoms with van der Waals surface area (Å²) in [6.45, 7) is 7.69. The number of rotatable bonds is 10. The number of phenols is 1. The molecule has 7 nitrogen and oxygen atoms in total. The quantitative estimate of drug-likeness (QED) is 0.318. The average molecular weight is 475 g/mol. The van der Waals surface area contributed by atoms with Gasteiger partial charge in [-0.05, 0) is 66.1 Å². The van der Waals surface area contributed by atoms with E-state index in [9.17, 15) is 14.7 Å². The molecule has 4 N–H and O–H groups in total. The van der Waals surface area contributed by atoms with Crippen LogP contribution in [0.5, 0.6) is 5.75 Å². The third-order valence-corrected chi connectivity index (χ3v) is 6.00. The fraction of sp³-hybridized carbons (Fsp3) is 0.321. The van der Waals surface area contributed by atoms with Gasteiger partial charge in [-0.1, -0.05) is 44.2 Å². The maximum Gasteiger partial charge on any atom is 0.315 e. The second kappa shape index (κ2) is 12.0. The summed E-state index contributed by atoms with van der Waals surface area (Å²) in [6.07, 6.45) is 4.85. The monoisotopic (exact) mass is 474 g/mol. The van der Waals surface area contributed by atoms with Crippen LogP contribution in [0.2, 0.25) is 0 Å². The number of aromatic nitrogens is 1. The van der Waals surface area contributed by atoms with Crippen LogP contribution in [0.3, 0.4) is 0 Å². The standard InChI is InChI=1S/C28H34N4O3/c1-4-30-27(35)32-18-20-8-5-9-21(16-20)24-12-11-23(17-25(24)33)28(2,3)13-7-15-31-26(34)22-10-6-14-29-19-22/h5-6,8-12,14,16-17,19,33H,4,7,13,15,18H2,1-3H3,(H,31,34)(H2,30,32,35). The first kappa shape index (κ1) is 25.7. The van der Waals surface area contributed by atoms with Gasteiger partial charge in [0.2, 0.25) is 0 Å². The zero-order chi connectivity index (χ0) is 25.3. The molecule has 3 amide bonds. The molecule has 0 atom stereocenters. The van der Waals surface area contributed by atoms with Gasteiger partial charge in [0.1, 0.15) is 5.75 Å². The van der Waals surface area contributed by atoms with Crippen LogP contribution < -0.4 is 16.0 Å². The van der Waals surface area contributed by atoms with Crippen LogP contribution in [0.1, 0.15) is 55.1 Å². The number of hydrogen-bond donors (Lipinski definition) is 4. The molecule has 0 aliphatic carbocycles. The van der Waals surface area contributed by atoms with E-state index in [1.54, 1.807) is 24.5 Å². The Kier molecular flexibility index (Phi) is 8.84. The van der Waals surface area contributed by atoms with Gasteiger partial charge in [-0.2, -0.15) is 0 Å². The van der Waals surface area contributed by atoms with E-state index < -0.39 is 0 Å². The fourth-order valence-electron chi connectivity index (χ4n) is 3.93. The predicted octanol–water partition coefficient (Wildman–Crippen LogP) is 4.76. The third-order valence-electron chi connectivity index (χ3n) is 6.00. The summed E-state index contributed by atoms with van der Waals surface area (Å²) in [5, 5.41) is 19.3. The van der Waals surface area contributed by atoms with Gasteiger partial charge in [0.25, 0.3) is 5.91 Å². The topological polar surface area (TPSA) is 103 Å². The largest absolute Gasteiger partial charge is 0.507 e. The van der Waals surface area contributed by atoms with Gasteiger partial charge in [0.05, 0.1) is 5.56 Å². The van der Waals surface area contributed by atoms with Crippen LogP contribution in [-0.2, 0) is 12.0 Å². The number of aromatic hydroxyl groups is 1. The van der Waals surface area contributed by atoms with E-state index in [0.717, 1.165) is 35.1 Å². The number of urea groups is 1. The van der Waals surface area contributed by atoms with Crippen molar-refractivity contribution < 1.29 is 14.7 Å². The zero-order valence-corrected chi connectivity index (χ0v) is 20.6. The highest BCUT2D eigenvalue weighted by atomic mass is 16.3. The SMILES string of the molecule is CCNC(=O)NCc1cccc(-c2ccc(C(C)(C)CCCNC(=O)c3cccnc3)cc2O)c1. The van der Waals surface area contributed by atoms with Crippen molar-refractivity contribution in [3.05, 3.63) is 83.7 Å². The number of amides is 3. The molecule has 0 saturated heterocycles. The van der Waals surface area contributed by atoms with Crippen LogP contribution in [0.25, 0.3) is 11.1 Å². The first-order chi connectivity index (χ1) is 16.8. The van der Waals surface area contributed by atoms with Gasteiger partial charge >= 0.3 is 6.03 Å². The van der Waals surface area contributed by atoms with E-state index in [1.807, 2.05) is 49.4 Å². The number of nitrogens with zero attached hydrogens (tertiary/aromatic N) is 1. The highest BCUT2D eigenvalue weighted by Crippen LogP contribution is 2.36. The summed E-state index contributed by atoms with van der Waals surface area (Å²) in [5.74, 6) is 0.0932. The molecule has 2 aromatic carbocycles. The van der Waals surface area contributed by atoms with E-state index in [-0.39, 0.29) is 23.1 Å². The van der Waals surface area contributed by atoms with Crippen LogP contribution in [-0.4, -0.2) is 35.1 Å². The molecule has 1 aromatic heterocycles. The minimum absolute atomic E-state index is 0.124. The predicted molar refractivity (Wildman–Crippen MR) is 138 cm³/mol. The fourth-order valence-corrected chi connectivity index (χ4v) is 3.93. The zero-order valence-electron chi connectivity index (χ0n) is 20.6. The Labute approximate surface area is 207 Å². The highest BCUT2D eigenvalue weighted by Gasteiger charge is 2.22. The van der Waals surface area contributed by atoms with Crippen LogP contribution >= 0.6 is 0 Å². The van der Waals surface area contributed by atoms with Crippen LogP contribution in [0.4, 0.5) is 4.79 Å². The highest BCUT2D eigenvalue weighted by molar-refractivity contribution is 5.93. The van der Waals surface area contributed by atoms with Gasteiger partial charge in [0, 0.05) is 37.6 Å². The number of nitrogens with one attached hydrogen (secondary N) is 3. The lowest BCUT2D eigenvalue weighted by Gasteiger charge is -2.26. The molecule has 0 bridgehead atoms. The number of phenolic OH excluding ortho intramolecular Hbond substituents is 1. The molecule has 0 aliphatic rings. The van der Waals surface area contributed by atoms with Crippen molar-refractivity contribution >= 4 is 11.9 Å².